The van der Waals surface area contributed by atoms with Crippen LogP contribution in [0.15, 0.2) is 0 Å². The molecule has 0 radical (unpaired) electrons. The highest BCUT2D eigenvalue weighted by atomic mass is 19.4. The van der Waals surface area contributed by atoms with Crippen LogP contribution in [0.4, 0.5) is 61.9 Å². The summed E-state index contributed by atoms with van der Waals surface area (Å²) in [4.78, 5) is 23.3. The molecule has 0 heterocycles. The molecule has 5 nitrogen and oxygen atoms in total. The van der Waals surface area contributed by atoms with E-state index in [0.717, 1.165) is 19.3 Å². The molecule has 0 aliphatic heterocycles. The monoisotopic (exact) mass is 745 g/mol. The number of hydrogen-bond donors (Lipinski definition) is 1. The van der Waals surface area contributed by atoms with E-state index in [9.17, 15) is 66.7 Å². The fourth-order valence-corrected chi connectivity index (χ4v) is 4.60. The van der Waals surface area contributed by atoms with E-state index in [1.54, 1.807) is 0 Å². The number of hydrogen-bond acceptors (Lipinski definition) is 4. The summed E-state index contributed by atoms with van der Waals surface area (Å²) in [5.41, 5.74) is 0. The maximum atomic E-state index is 13.7. The molecule has 0 atom stereocenters. The summed E-state index contributed by atoms with van der Waals surface area (Å²) in [6.45, 7) is 0.805. The summed E-state index contributed by atoms with van der Waals surface area (Å²) in [6, 6.07) is 0. The van der Waals surface area contributed by atoms with Gasteiger partial charge in [0.1, 0.15) is 0 Å². The molecule has 0 aliphatic carbocycles. The van der Waals surface area contributed by atoms with Gasteiger partial charge in [-0.15, -0.1) is 0 Å². The average Bonchev–Trinajstić information content (AvgIpc) is 2.99. The standard InChI is InChI=1S/C31H48F13NO4/c1-2-3-4-5-6-7-8-9-10-11-12-13-14-18-22-49-25(47)45-21-17-15-16-19-24(46)48-23-20-26(32,33)27(34,35)28(36,37)29(38,39)30(40,41)31(42,43)44/h2-23H2,1H3,(H,45,47). The molecule has 0 fully saturated rings. The Bertz CT molecular complexity index is 932. The van der Waals surface area contributed by atoms with Gasteiger partial charge in [-0.2, -0.15) is 57.1 Å². The Balaban J connectivity index is 4.09. The Morgan fingerprint density at radius 1 is 0.490 bits per heavy atom. The van der Waals surface area contributed by atoms with Crippen LogP contribution in [0.2, 0.25) is 0 Å². The molecule has 0 saturated carbocycles. The summed E-state index contributed by atoms with van der Waals surface area (Å²) < 4.78 is 180. The number of halogens is 13. The third-order valence-corrected chi connectivity index (χ3v) is 7.74. The van der Waals surface area contributed by atoms with Gasteiger partial charge in [0, 0.05) is 13.0 Å². The zero-order chi connectivity index (χ0) is 37.8. The van der Waals surface area contributed by atoms with Gasteiger partial charge < -0.3 is 14.8 Å². The first kappa shape index (κ1) is 46.8. The van der Waals surface area contributed by atoms with Crippen LogP contribution in [-0.2, 0) is 14.3 Å². The molecule has 0 aromatic carbocycles. The molecular weight excluding hydrogens is 697 g/mol. The van der Waals surface area contributed by atoms with Crippen molar-refractivity contribution in [2.75, 3.05) is 19.8 Å². The Labute approximate surface area is 278 Å². The summed E-state index contributed by atoms with van der Waals surface area (Å²) in [5.74, 6) is -38.7. The second-order valence-corrected chi connectivity index (χ2v) is 11.9. The first-order valence-electron chi connectivity index (χ1n) is 16.6. The van der Waals surface area contributed by atoms with Crippen LogP contribution in [-0.4, -0.2) is 67.6 Å². The maximum Gasteiger partial charge on any atom is 0.460 e. The number of carbonyl (C=O) groups is 2. The summed E-state index contributed by atoms with van der Waals surface area (Å²) in [5, 5.41) is 2.47. The molecule has 0 saturated heterocycles. The van der Waals surface area contributed by atoms with E-state index in [4.69, 9.17) is 4.74 Å². The van der Waals surface area contributed by atoms with Crippen LogP contribution in [0.3, 0.4) is 0 Å². The van der Waals surface area contributed by atoms with E-state index in [1.165, 1.54) is 64.2 Å². The van der Waals surface area contributed by atoms with E-state index in [2.05, 4.69) is 17.0 Å². The lowest BCUT2D eigenvalue weighted by Crippen LogP contribution is -2.70. The van der Waals surface area contributed by atoms with Gasteiger partial charge in [0.15, 0.2) is 0 Å². The van der Waals surface area contributed by atoms with Crippen LogP contribution in [0.25, 0.3) is 0 Å². The topological polar surface area (TPSA) is 64.6 Å². The first-order chi connectivity index (χ1) is 22.6. The maximum absolute atomic E-state index is 13.7. The van der Waals surface area contributed by atoms with Crippen molar-refractivity contribution < 1.29 is 76.1 Å². The highest BCUT2D eigenvalue weighted by molar-refractivity contribution is 5.69. The van der Waals surface area contributed by atoms with Gasteiger partial charge in [0.05, 0.1) is 19.6 Å². The van der Waals surface area contributed by atoms with Crippen molar-refractivity contribution in [3.8, 4) is 0 Å². The van der Waals surface area contributed by atoms with Crippen molar-refractivity contribution in [3.05, 3.63) is 0 Å². The van der Waals surface area contributed by atoms with Crippen molar-refractivity contribution in [2.45, 2.75) is 165 Å². The minimum absolute atomic E-state index is 0.0258. The molecular formula is C31H48F13NO4. The average molecular weight is 746 g/mol. The SMILES string of the molecule is CCCCCCCCCCCCCCCCOC(=O)NCCCCCC(=O)OCCC(F)(F)C(F)(F)C(F)(F)C(F)(F)C(F)(F)C(F)(F)F. The third-order valence-electron chi connectivity index (χ3n) is 7.74. The molecule has 1 N–H and O–H groups in total. The Hall–Kier alpha value is -2.17. The fraction of sp³-hybridized carbons (Fsp3) is 0.935. The predicted molar refractivity (Wildman–Crippen MR) is 154 cm³/mol. The van der Waals surface area contributed by atoms with E-state index >= 15 is 0 Å². The molecule has 0 spiro atoms. The van der Waals surface area contributed by atoms with Crippen LogP contribution >= 0.6 is 0 Å². The minimum atomic E-state index is -7.97. The summed E-state index contributed by atoms with van der Waals surface area (Å²) >= 11 is 0. The van der Waals surface area contributed by atoms with Gasteiger partial charge in [-0.05, 0) is 19.3 Å². The molecule has 1 amide bonds. The number of ether oxygens (including phenoxy) is 2. The van der Waals surface area contributed by atoms with Gasteiger partial charge in [0.2, 0.25) is 0 Å². The zero-order valence-corrected chi connectivity index (χ0v) is 27.6. The number of unbranched alkanes of at least 4 members (excludes halogenated alkanes) is 15. The van der Waals surface area contributed by atoms with E-state index in [0.29, 0.717) is 12.8 Å². The lowest BCUT2D eigenvalue weighted by atomic mass is 9.93. The van der Waals surface area contributed by atoms with Gasteiger partial charge in [0.25, 0.3) is 0 Å². The second-order valence-electron chi connectivity index (χ2n) is 11.9. The molecule has 0 aliphatic rings. The molecule has 0 rings (SSSR count). The van der Waals surface area contributed by atoms with Crippen LogP contribution in [0, 0.1) is 0 Å². The number of nitrogens with one attached hydrogen (secondary N) is 1. The van der Waals surface area contributed by atoms with E-state index in [-0.39, 0.29) is 26.0 Å². The number of rotatable bonds is 28. The van der Waals surface area contributed by atoms with Crippen molar-refractivity contribution in [1.29, 1.82) is 0 Å². The third kappa shape index (κ3) is 15.3. The number of alkyl halides is 13. The first-order valence-corrected chi connectivity index (χ1v) is 16.6. The number of carbonyl (C=O) groups excluding carboxylic acids is 2. The lowest BCUT2D eigenvalue weighted by molar-refractivity contribution is -0.440. The highest BCUT2D eigenvalue weighted by Crippen LogP contribution is 2.60. The normalized spacial score (nSPS) is 13.4. The van der Waals surface area contributed by atoms with Gasteiger partial charge in [-0.25, -0.2) is 4.79 Å². The van der Waals surface area contributed by atoms with E-state index < -0.39 is 67.3 Å². The van der Waals surface area contributed by atoms with Crippen LogP contribution in [0.5, 0.6) is 0 Å². The van der Waals surface area contributed by atoms with Crippen molar-refractivity contribution in [1.82, 2.24) is 5.32 Å². The molecule has 0 aromatic heterocycles. The molecule has 0 bridgehead atoms. The second kappa shape index (κ2) is 21.9. The quantitative estimate of drug-likeness (QED) is 0.0492. The fourth-order valence-electron chi connectivity index (χ4n) is 4.60. The smallest absolute Gasteiger partial charge is 0.460 e. The number of amides is 1. The summed E-state index contributed by atoms with van der Waals surface area (Å²) in [6.07, 6.45) is 5.90. The minimum Gasteiger partial charge on any atom is -0.465 e. The van der Waals surface area contributed by atoms with Crippen molar-refractivity contribution in [2.24, 2.45) is 0 Å². The highest BCUT2D eigenvalue weighted by Gasteiger charge is 2.90. The van der Waals surface area contributed by atoms with Gasteiger partial charge >= 0.3 is 47.9 Å². The lowest BCUT2D eigenvalue weighted by Gasteiger charge is -2.39. The van der Waals surface area contributed by atoms with Crippen molar-refractivity contribution >= 4 is 12.1 Å². The zero-order valence-electron chi connectivity index (χ0n) is 27.6. The molecule has 292 valence electrons. The van der Waals surface area contributed by atoms with Gasteiger partial charge in [-0.1, -0.05) is 96.8 Å². The summed E-state index contributed by atoms with van der Waals surface area (Å²) in [7, 11) is 0. The molecule has 49 heavy (non-hydrogen) atoms. The molecule has 18 heteroatoms. The predicted octanol–water partition coefficient (Wildman–Crippen LogP) is 11.4. The Morgan fingerprint density at radius 3 is 1.39 bits per heavy atom. The number of esters is 1. The largest absolute Gasteiger partial charge is 0.465 e. The van der Waals surface area contributed by atoms with Gasteiger partial charge in [-0.3, -0.25) is 4.79 Å². The number of alkyl carbamates (subject to hydrolysis) is 1. The molecule has 0 aromatic rings. The molecule has 0 unspecified atom stereocenters. The Morgan fingerprint density at radius 2 is 0.918 bits per heavy atom. The van der Waals surface area contributed by atoms with Crippen LogP contribution in [0.1, 0.15) is 129 Å². The Kier molecular flexibility index (Phi) is 20.9. The van der Waals surface area contributed by atoms with Crippen LogP contribution < -0.4 is 5.32 Å². The van der Waals surface area contributed by atoms with Crippen molar-refractivity contribution in [3.63, 3.8) is 0 Å². The van der Waals surface area contributed by atoms with E-state index in [1.807, 2.05) is 0 Å².